The molecular formula is C12H15ClN2O. The van der Waals surface area contributed by atoms with Gasteiger partial charge in [-0.15, -0.1) is 0 Å². The van der Waals surface area contributed by atoms with Gasteiger partial charge in [-0.25, -0.2) is 4.98 Å². The SMILES string of the molecule is CCC(C)n1c(CO)nc2ccc(Cl)cc21. The van der Waals surface area contributed by atoms with Gasteiger partial charge in [-0.05, 0) is 31.5 Å². The number of benzene rings is 1. The van der Waals surface area contributed by atoms with Crippen molar-refractivity contribution >= 4 is 22.6 Å². The van der Waals surface area contributed by atoms with Crippen molar-refractivity contribution in [2.75, 3.05) is 0 Å². The topological polar surface area (TPSA) is 38.0 Å². The third-order valence-corrected chi connectivity index (χ3v) is 3.13. The molecule has 16 heavy (non-hydrogen) atoms. The Morgan fingerprint density at radius 1 is 1.50 bits per heavy atom. The first kappa shape index (κ1) is 11.4. The van der Waals surface area contributed by atoms with E-state index >= 15 is 0 Å². The molecule has 1 unspecified atom stereocenters. The van der Waals surface area contributed by atoms with Crippen molar-refractivity contribution in [1.82, 2.24) is 9.55 Å². The van der Waals surface area contributed by atoms with E-state index in [0.717, 1.165) is 17.5 Å². The second-order valence-corrected chi connectivity index (χ2v) is 4.38. The van der Waals surface area contributed by atoms with Crippen molar-refractivity contribution in [2.24, 2.45) is 0 Å². The highest BCUT2D eigenvalue weighted by molar-refractivity contribution is 6.31. The molecule has 0 aliphatic heterocycles. The summed E-state index contributed by atoms with van der Waals surface area (Å²) in [5, 5.41) is 10.0. The maximum Gasteiger partial charge on any atom is 0.135 e. The van der Waals surface area contributed by atoms with E-state index in [9.17, 15) is 5.11 Å². The molecule has 0 radical (unpaired) electrons. The molecular weight excluding hydrogens is 224 g/mol. The molecule has 0 aliphatic rings. The Bertz CT molecular complexity index is 507. The zero-order chi connectivity index (χ0) is 11.7. The van der Waals surface area contributed by atoms with Gasteiger partial charge in [0.2, 0.25) is 0 Å². The smallest absolute Gasteiger partial charge is 0.135 e. The highest BCUT2D eigenvalue weighted by atomic mass is 35.5. The lowest BCUT2D eigenvalue weighted by Gasteiger charge is -2.14. The maximum atomic E-state index is 9.32. The van der Waals surface area contributed by atoms with E-state index in [4.69, 9.17) is 11.6 Å². The summed E-state index contributed by atoms with van der Waals surface area (Å²) in [5.41, 5.74) is 1.87. The molecule has 0 spiro atoms. The molecule has 0 fully saturated rings. The Hall–Kier alpha value is -1.06. The molecule has 1 heterocycles. The van der Waals surface area contributed by atoms with Crippen LogP contribution >= 0.6 is 11.6 Å². The summed E-state index contributed by atoms with van der Waals surface area (Å²) in [6.45, 7) is 4.18. The molecule has 2 aromatic rings. The zero-order valence-corrected chi connectivity index (χ0v) is 10.2. The summed E-state index contributed by atoms with van der Waals surface area (Å²) in [6.07, 6.45) is 0.991. The Labute approximate surface area is 99.7 Å². The van der Waals surface area contributed by atoms with Crippen molar-refractivity contribution in [3.63, 3.8) is 0 Å². The number of imidazole rings is 1. The molecule has 0 amide bonds. The number of aliphatic hydroxyl groups excluding tert-OH is 1. The molecule has 2 rings (SSSR count). The molecule has 1 N–H and O–H groups in total. The summed E-state index contributed by atoms with van der Waals surface area (Å²) in [7, 11) is 0. The van der Waals surface area contributed by atoms with Crippen molar-refractivity contribution in [1.29, 1.82) is 0 Å². The second-order valence-electron chi connectivity index (χ2n) is 3.95. The minimum absolute atomic E-state index is 0.0450. The van der Waals surface area contributed by atoms with Crippen molar-refractivity contribution in [3.8, 4) is 0 Å². The fourth-order valence-electron chi connectivity index (χ4n) is 1.90. The summed E-state index contributed by atoms with van der Waals surface area (Å²) >= 11 is 5.99. The van der Waals surface area contributed by atoms with Gasteiger partial charge in [0.1, 0.15) is 12.4 Å². The van der Waals surface area contributed by atoms with Crippen LogP contribution in [-0.2, 0) is 6.61 Å². The molecule has 0 aliphatic carbocycles. The Morgan fingerprint density at radius 2 is 2.25 bits per heavy atom. The van der Waals surface area contributed by atoms with E-state index in [1.807, 2.05) is 18.2 Å². The van der Waals surface area contributed by atoms with Crippen LogP contribution in [0.3, 0.4) is 0 Å². The summed E-state index contributed by atoms with van der Waals surface area (Å²) in [5.74, 6) is 0.701. The molecule has 1 atom stereocenters. The van der Waals surface area contributed by atoms with Crippen molar-refractivity contribution in [3.05, 3.63) is 29.0 Å². The Morgan fingerprint density at radius 3 is 2.88 bits per heavy atom. The molecule has 1 aromatic heterocycles. The van der Waals surface area contributed by atoms with Gasteiger partial charge in [0.25, 0.3) is 0 Å². The van der Waals surface area contributed by atoms with Crippen LogP contribution in [0.5, 0.6) is 0 Å². The summed E-state index contributed by atoms with van der Waals surface area (Å²) in [6, 6.07) is 5.91. The summed E-state index contributed by atoms with van der Waals surface area (Å²) in [4.78, 5) is 4.40. The second kappa shape index (κ2) is 4.44. The number of fused-ring (bicyclic) bond motifs is 1. The van der Waals surface area contributed by atoms with E-state index in [1.54, 1.807) is 0 Å². The van der Waals surface area contributed by atoms with Crippen molar-refractivity contribution < 1.29 is 5.11 Å². The number of aromatic nitrogens is 2. The first-order valence-electron chi connectivity index (χ1n) is 5.44. The van der Waals surface area contributed by atoms with Gasteiger partial charge in [-0.3, -0.25) is 0 Å². The van der Waals surface area contributed by atoms with E-state index in [-0.39, 0.29) is 6.61 Å². The van der Waals surface area contributed by atoms with Crippen molar-refractivity contribution in [2.45, 2.75) is 32.9 Å². The first-order valence-corrected chi connectivity index (χ1v) is 5.82. The molecule has 1 aromatic carbocycles. The third-order valence-electron chi connectivity index (χ3n) is 2.90. The van der Waals surface area contributed by atoms with E-state index in [0.29, 0.717) is 16.9 Å². The monoisotopic (exact) mass is 238 g/mol. The highest BCUT2D eigenvalue weighted by Gasteiger charge is 2.14. The van der Waals surface area contributed by atoms with Gasteiger partial charge in [0, 0.05) is 11.1 Å². The minimum atomic E-state index is -0.0450. The van der Waals surface area contributed by atoms with Crippen LogP contribution in [0.25, 0.3) is 11.0 Å². The first-order chi connectivity index (χ1) is 7.67. The zero-order valence-electron chi connectivity index (χ0n) is 9.44. The number of nitrogens with zero attached hydrogens (tertiary/aromatic N) is 2. The average Bonchev–Trinajstić information content (AvgIpc) is 2.65. The van der Waals surface area contributed by atoms with Gasteiger partial charge < -0.3 is 9.67 Å². The highest BCUT2D eigenvalue weighted by Crippen LogP contribution is 2.25. The molecule has 86 valence electrons. The number of hydrogen-bond donors (Lipinski definition) is 1. The molecule has 3 nitrogen and oxygen atoms in total. The van der Waals surface area contributed by atoms with Crippen LogP contribution in [0.4, 0.5) is 0 Å². The molecule has 0 saturated heterocycles. The average molecular weight is 239 g/mol. The van der Waals surface area contributed by atoms with E-state index in [1.165, 1.54) is 0 Å². The van der Waals surface area contributed by atoms with Crippen LogP contribution < -0.4 is 0 Å². The van der Waals surface area contributed by atoms with Gasteiger partial charge >= 0.3 is 0 Å². The van der Waals surface area contributed by atoms with Crippen LogP contribution in [0, 0.1) is 0 Å². The molecule has 0 bridgehead atoms. The fraction of sp³-hybridized carbons (Fsp3) is 0.417. The quantitative estimate of drug-likeness (QED) is 0.892. The van der Waals surface area contributed by atoms with E-state index < -0.39 is 0 Å². The van der Waals surface area contributed by atoms with Crippen LogP contribution in [0.1, 0.15) is 32.1 Å². The lowest BCUT2D eigenvalue weighted by Crippen LogP contribution is -2.08. The number of halogens is 1. The van der Waals surface area contributed by atoms with Gasteiger partial charge in [-0.2, -0.15) is 0 Å². The summed E-state index contributed by atoms with van der Waals surface area (Å²) < 4.78 is 2.06. The van der Waals surface area contributed by atoms with Crippen LogP contribution in [0.15, 0.2) is 18.2 Å². The van der Waals surface area contributed by atoms with Gasteiger partial charge in [-0.1, -0.05) is 18.5 Å². The minimum Gasteiger partial charge on any atom is -0.388 e. The lowest BCUT2D eigenvalue weighted by atomic mass is 10.2. The Kier molecular flexibility index (Phi) is 3.17. The number of aliphatic hydroxyl groups is 1. The predicted molar refractivity (Wildman–Crippen MR) is 65.7 cm³/mol. The number of rotatable bonds is 3. The largest absolute Gasteiger partial charge is 0.388 e. The predicted octanol–water partition coefficient (Wildman–Crippen LogP) is 3.15. The van der Waals surface area contributed by atoms with E-state index in [2.05, 4.69) is 23.4 Å². The van der Waals surface area contributed by atoms with Crippen LogP contribution in [0.2, 0.25) is 5.02 Å². The number of hydrogen-bond acceptors (Lipinski definition) is 2. The van der Waals surface area contributed by atoms with Gasteiger partial charge in [0.05, 0.1) is 11.0 Å². The normalized spacial score (nSPS) is 13.2. The maximum absolute atomic E-state index is 9.32. The fourth-order valence-corrected chi connectivity index (χ4v) is 2.07. The van der Waals surface area contributed by atoms with Crippen LogP contribution in [-0.4, -0.2) is 14.7 Å². The standard InChI is InChI=1S/C12H15ClN2O/c1-3-8(2)15-11-6-9(13)4-5-10(11)14-12(15)7-16/h4-6,8,16H,3,7H2,1-2H3. The molecule has 0 saturated carbocycles. The van der Waals surface area contributed by atoms with Gasteiger partial charge in [0.15, 0.2) is 0 Å². The lowest BCUT2D eigenvalue weighted by molar-refractivity contribution is 0.262. The Balaban J connectivity index is 2.70. The third kappa shape index (κ3) is 1.81. The molecule has 4 heteroatoms.